The molecule has 0 bridgehead atoms. The zero-order valence-corrected chi connectivity index (χ0v) is 23.1. The summed E-state index contributed by atoms with van der Waals surface area (Å²) in [7, 11) is 6.31. The molecule has 1 aromatic heterocycles. The number of hydrogen-bond donors (Lipinski definition) is 1. The first-order valence-electron chi connectivity index (χ1n) is 12.7. The van der Waals surface area contributed by atoms with Crippen molar-refractivity contribution in [2.75, 3.05) is 45.3 Å². The number of aromatic nitrogens is 2. The molecule has 0 saturated carbocycles. The number of carbonyl (C=O) groups excluding carboxylic acids is 1. The highest BCUT2D eigenvalue weighted by molar-refractivity contribution is 5.96. The molecule has 9 nitrogen and oxygen atoms in total. The minimum atomic E-state index is -0.485. The Bertz CT molecular complexity index is 1110. The van der Waals surface area contributed by atoms with Gasteiger partial charge in [0.1, 0.15) is 22.9 Å². The van der Waals surface area contributed by atoms with Crippen LogP contribution in [-0.4, -0.2) is 57.0 Å². The van der Waals surface area contributed by atoms with Crippen molar-refractivity contribution in [1.29, 1.82) is 0 Å². The summed E-state index contributed by atoms with van der Waals surface area (Å²) in [4.78, 5) is 24.4. The molecule has 0 unspecified atom stereocenters. The third kappa shape index (κ3) is 7.58. The lowest BCUT2D eigenvalue weighted by Crippen LogP contribution is -2.29. The predicted molar refractivity (Wildman–Crippen MR) is 148 cm³/mol. The average Bonchev–Trinajstić information content (AvgIpc) is 2.93. The topological polar surface area (TPSA) is 95.0 Å². The number of anilines is 2. The average molecular weight is 523 g/mol. The Balaban J connectivity index is 2.05. The van der Waals surface area contributed by atoms with Gasteiger partial charge in [-0.2, -0.15) is 4.98 Å². The van der Waals surface area contributed by atoms with Crippen molar-refractivity contribution in [3.8, 4) is 11.5 Å². The van der Waals surface area contributed by atoms with Gasteiger partial charge in [0.05, 0.1) is 39.7 Å². The van der Waals surface area contributed by atoms with E-state index in [1.807, 2.05) is 48.5 Å². The van der Waals surface area contributed by atoms with Crippen molar-refractivity contribution in [1.82, 2.24) is 9.97 Å². The highest BCUT2D eigenvalue weighted by Gasteiger charge is 2.24. The van der Waals surface area contributed by atoms with Crippen molar-refractivity contribution in [2.45, 2.75) is 45.8 Å². The molecule has 9 heteroatoms. The first-order chi connectivity index (χ1) is 18.4. The highest BCUT2D eigenvalue weighted by atomic mass is 16.5. The van der Waals surface area contributed by atoms with Crippen molar-refractivity contribution < 1.29 is 23.7 Å². The summed E-state index contributed by atoms with van der Waals surface area (Å²) >= 11 is 0. The summed E-state index contributed by atoms with van der Waals surface area (Å²) < 4.78 is 21.1. The molecule has 3 aromatic rings. The summed E-state index contributed by atoms with van der Waals surface area (Å²) in [6, 6.07) is 15.8. The first-order valence-corrected chi connectivity index (χ1v) is 12.7. The fourth-order valence-electron chi connectivity index (χ4n) is 4.19. The van der Waals surface area contributed by atoms with Crippen LogP contribution >= 0.6 is 0 Å². The minimum Gasteiger partial charge on any atom is -0.497 e. The van der Waals surface area contributed by atoms with Crippen LogP contribution in [0.25, 0.3) is 0 Å². The van der Waals surface area contributed by atoms with Gasteiger partial charge in [-0.25, -0.2) is 9.78 Å². The molecule has 0 aliphatic carbocycles. The third-order valence-electron chi connectivity index (χ3n) is 6.16. The number of esters is 1. The van der Waals surface area contributed by atoms with E-state index in [1.165, 1.54) is 7.11 Å². The minimum absolute atomic E-state index is 0.0211. The van der Waals surface area contributed by atoms with Gasteiger partial charge in [0.15, 0.2) is 0 Å². The van der Waals surface area contributed by atoms with Gasteiger partial charge in [-0.1, -0.05) is 37.6 Å². The highest BCUT2D eigenvalue weighted by Crippen LogP contribution is 2.26. The number of nitrogens with one attached hydrogen (secondary N) is 1. The van der Waals surface area contributed by atoms with Gasteiger partial charge in [0.2, 0.25) is 5.95 Å². The molecule has 1 atom stereocenters. The van der Waals surface area contributed by atoms with Crippen LogP contribution in [0.3, 0.4) is 0 Å². The summed E-state index contributed by atoms with van der Waals surface area (Å²) in [6.45, 7) is 5.47. The van der Waals surface area contributed by atoms with Gasteiger partial charge in [-0.3, -0.25) is 0 Å². The predicted octanol–water partition coefficient (Wildman–Crippen LogP) is 5.02. The molecule has 0 aliphatic heterocycles. The van der Waals surface area contributed by atoms with Gasteiger partial charge >= 0.3 is 5.97 Å². The lowest BCUT2D eigenvalue weighted by molar-refractivity contribution is 0.0600. The van der Waals surface area contributed by atoms with Crippen LogP contribution in [-0.2, 0) is 22.6 Å². The van der Waals surface area contributed by atoms with Crippen molar-refractivity contribution >= 4 is 17.7 Å². The van der Waals surface area contributed by atoms with E-state index in [2.05, 4.69) is 17.1 Å². The van der Waals surface area contributed by atoms with Gasteiger partial charge in [0, 0.05) is 20.2 Å². The molecule has 204 valence electrons. The molecular formula is C29H38N4O5. The van der Waals surface area contributed by atoms with Crippen molar-refractivity contribution in [2.24, 2.45) is 0 Å². The fraction of sp³-hybridized carbons (Fsp3) is 0.414. The maximum Gasteiger partial charge on any atom is 0.343 e. The summed E-state index contributed by atoms with van der Waals surface area (Å²) in [6.07, 6.45) is 1.81. The van der Waals surface area contributed by atoms with Gasteiger partial charge in [0.25, 0.3) is 0 Å². The molecule has 38 heavy (non-hydrogen) atoms. The standard InChI is InChI=1S/C29H38N4O5/c1-7-8-23(19-35-3)31-27-26(28(34)38-6)20(2)30-29(32-27)33(17-21-9-13-24(36-4)14-10-21)18-22-11-15-25(37-5)16-12-22/h9-16,23H,7-8,17-19H2,1-6H3,(H,30,31,32)/t23-/m0/s1. The second kappa shape index (κ2) is 14.2. The van der Waals surface area contributed by atoms with E-state index >= 15 is 0 Å². The summed E-state index contributed by atoms with van der Waals surface area (Å²) in [5, 5.41) is 3.42. The number of ether oxygens (including phenoxy) is 4. The first kappa shape index (κ1) is 28.7. The molecule has 1 heterocycles. The Morgan fingerprint density at radius 1 is 0.895 bits per heavy atom. The van der Waals surface area contributed by atoms with Crippen molar-refractivity contribution in [3.05, 3.63) is 70.9 Å². The molecule has 2 aromatic carbocycles. The molecule has 0 saturated heterocycles. The lowest BCUT2D eigenvalue weighted by atomic mass is 10.1. The van der Waals surface area contributed by atoms with E-state index in [9.17, 15) is 4.79 Å². The Morgan fingerprint density at radius 2 is 1.45 bits per heavy atom. The van der Waals surface area contributed by atoms with Crippen LogP contribution in [0.2, 0.25) is 0 Å². The van der Waals surface area contributed by atoms with Gasteiger partial charge < -0.3 is 29.2 Å². The van der Waals surface area contributed by atoms with Crippen LogP contribution < -0.4 is 19.7 Å². The fourth-order valence-corrected chi connectivity index (χ4v) is 4.19. The Kier molecular flexibility index (Phi) is 10.7. The Labute approximate surface area is 225 Å². The van der Waals surface area contributed by atoms with E-state index in [4.69, 9.17) is 28.9 Å². The second-order valence-corrected chi connectivity index (χ2v) is 8.96. The van der Waals surface area contributed by atoms with Gasteiger partial charge in [-0.05, 0) is 48.7 Å². The van der Waals surface area contributed by atoms with Crippen LogP contribution in [0.1, 0.15) is 46.9 Å². The molecule has 0 aliphatic rings. The second-order valence-electron chi connectivity index (χ2n) is 8.96. The molecular weight excluding hydrogens is 484 g/mol. The summed E-state index contributed by atoms with van der Waals surface area (Å²) in [5.74, 6) is 2.02. The largest absolute Gasteiger partial charge is 0.497 e. The third-order valence-corrected chi connectivity index (χ3v) is 6.16. The number of rotatable bonds is 14. The smallest absolute Gasteiger partial charge is 0.343 e. The quantitative estimate of drug-likeness (QED) is 0.293. The lowest BCUT2D eigenvalue weighted by Gasteiger charge is -2.26. The van der Waals surface area contributed by atoms with E-state index < -0.39 is 5.97 Å². The number of nitrogens with zero attached hydrogens (tertiary/aromatic N) is 3. The van der Waals surface area contributed by atoms with Crippen LogP contribution in [0.15, 0.2) is 48.5 Å². The molecule has 3 rings (SSSR count). The number of carbonyl (C=O) groups is 1. The molecule has 0 fully saturated rings. The van der Waals surface area contributed by atoms with Crippen LogP contribution in [0.5, 0.6) is 11.5 Å². The zero-order chi connectivity index (χ0) is 27.5. The van der Waals surface area contributed by atoms with Crippen molar-refractivity contribution in [3.63, 3.8) is 0 Å². The normalized spacial score (nSPS) is 11.5. The zero-order valence-electron chi connectivity index (χ0n) is 23.1. The van der Waals surface area contributed by atoms with Crippen LogP contribution in [0, 0.1) is 6.92 Å². The maximum atomic E-state index is 12.7. The van der Waals surface area contributed by atoms with Crippen LogP contribution in [0.4, 0.5) is 11.8 Å². The molecule has 0 amide bonds. The van der Waals surface area contributed by atoms with E-state index in [-0.39, 0.29) is 6.04 Å². The summed E-state index contributed by atoms with van der Waals surface area (Å²) in [5.41, 5.74) is 2.99. The van der Waals surface area contributed by atoms with E-state index in [0.717, 1.165) is 35.5 Å². The maximum absolute atomic E-state index is 12.7. The van der Waals surface area contributed by atoms with Gasteiger partial charge in [-0.15, -0.1) is 0 Å². The van der Waals surface area contributed by atoms with E-state index in [1.54, 1.807) is 28.3 Å². The molecule has 0 radical (unpaired) electrons. The molecule has 0 spiro atoms. The van der Waals surface area contributed by atoms with E-state index in [0.29, 0.717) is 42.7 Å². The Hall–Kier alpha value is -3.85. The SMILES string of the molecule is CCC[C@@H](COC)Nc1nc(N(Cc2ccc(OC)cc2)Cc2ccc(OC)cc2)nc(C)c1C(=O)OC. The number of aryl methyl sites for hydroxylation is 1. The molecule has 1 N–H and O–H groups in total. The number of hydrogen-bond acceptors (Lipinski definition) is 9. The number of benzene rings is 2. The number of methoxy groups -OCH3 is 4. The monoisotopic (exact) mass is 522 g/mol. The Morgan fingerprint density at radius 3 is 1.89 bits per heavy atom.